The fourth-order valence-corrected chi connectivity index (χ4v) is 7.77. The largest absolute Gasteiger partial charge is 0.382 e. The average Bonchev–Trinajstić information content (AvgIpc) is 3.85. The number of fused-ring (bicyclic) bond motifs is 2. The molecular weight excluding hydrogens is 785 g/mol. The minimum Gasteiger partial charge on any atom is -0.382 e. The van der Waals surface area contributed by atoms with Gasteiger partial charge < -0.3 is 35.8 Å². The summed E-state index contributed by atoms with van der Waals surface area (Å²) >= 11 is 0. The van der Waals surface area contributed by atoms with Crippen LogP contribution in [0.2, 0.25) is 0 Å². The molecule has 1 unspecified atom stereocenters. The minimum atomic E-state index is -1.06. The van der Waals surface area contributed by atoms with E-state index in [1.165, 1.54) is 6.07 Å². The van der Waals surface area contributed by atoms with E-state index in [1.807, 2.05) is 63.2 Å². The van der Waals surface area contributed by atoms with Gasteiger partial charge in [0.25, 0.3) is 23.6 Å². The molecule has 4 heterocycles. The Morgan fingerprint density at radius 1 is 0.902 bits per heavy atom. The molecular formula is C43H48N10O8. The maximum atomic E-state index is 13.7. The highest BCUT2D eigenvalue weighted by Gasteiger charge is 2.46. The number of carbonyl (C=O) groups is 7. The molecule has 7 rings (SSSR count). The fourth-order valence-electron chi connectivity index (χ4n) is 7.77. The van der Waals surface area contributed by atoms with Gasteiger partial charge in [0.15, 0.2) is 5.82 Å². The summed E-state index contributed by atoms with van der Waals surface area (Å²) in [6.45, 7) is 5.58. The first-order valence-electron chi connectivity index (χ1n) is 20.0. The predicted molar refractivity (Wildman–Crippen MR) is 223 cm³/mol. The van der Waals surface area contributed by atoms with Crippen molar-refractivity contribution in [1.82, 2.24) is 40.8 Å². The van der Waals surface area contributed by atoms with Crippen LogP contribution in [-0.2, 0) is 26.4 Å². The monoisotopic (exact) mass is 832 g/mol. The Balaban J connectivity index is 0.854. The molecule has 0 saturated carbocycles. The van der Waals surface area contributed by atoms with Gasteiger partial charge in [-0.05, 0) is 76.3 Å². The molecule has 3 aliphatic rings. The molecule has 0 spiro atoms. The molecule has 3 aromatic carbocycles. The second-order valence-corrected chi connectivity index (χ2v) is 15.7. The van der Waals surface area contributed by atoms with Crippen LogP contribution in [0.4, 0.5) is 16.3 Å². The van der Waals surface area contributed by atoms with E-state index in [9.17, 15) is 33.6 Å². The van der Waals surface area contributed by atoms with Crippen molar-refractivity contribution in [3.8, 4) is 0 Å². The van der Waals surface area contributed by atoms with Gasteiger partial charge in [0, 0.05) is 48.4 Å². The van der Waals surface area contributed by atoms with Crippen LogP contribution in [0.3, 0.4) is 0 Å². The second kappa shape index (κ2) is 17.7. The summed E-state index contributed by atoms with van der Waals surface area (Å²) in [5.41, 5.74) is 3.08. The Morgan fingerprint density at radius 3 is 2.31 bits per heavy atom. The summed E-state index contributed by atoms with van der Waals surface area (Å²) in [6, 6.07) is 19.2. The molecule has 318 valence electrons. The summed E-state index contributed by atoms with van der Waals surface area (Å²) in [4.78, 5) is 94.8. The molecule has 61 heavy (non-hydrogen) atoms. The Bertz CT molecular complexity index is 2360. The number of nitrogens with one attached hydrogen (secondary N) is 6. The molecule has 3 aliphatic heterocycles. The van der Waals surface area contributed by atoms with Crippen molar-refractivity contribution in [1.29, 1.82) is 0 Å². The molecule has 18 nitrogen and oxygen atoms in total. The molecule has 6 N–H and O–H groups in total. The van der Waals surface area contributed by atoms with Gasteiger partial charge in [0.2, 0.25) is 11.8 Å². The third kappa shape index (κ3) is 8.85. The third-order valence-corrected chi connectivity index (χ3v) is 11.0. The zero-order valence-electron chi connectivity index (χ0n) is 34.3. The Kier molecular flexibility index (Phi) is 12.3. The Morgan fingerprint density at radius 2 is 1.61 bits per heavy atom. The topological polar surface area (TPSA) is 227 Å². The molecule has 0 radical (unpaired) electrons. The number of urea groups is 1. The van der Waals surface area contributed by atoms with Gasteiger partial charge in [0.05, 0.1) is 48.2 Å². The lowest BCUT2D eigenvalue weighted by molar-refractivity contribution is -0.136. The van der Waals surface area contributed by atoms with Gasteiger partial charge in [0.1, 0.15) is 6.04 Å². The average molecular weight is 833 g/mol. The van der Waals surface area contributed by atoms with Crippen molar-refractivity contribution in [2.75, 3.05) is 57.6 Å². The Labute approximate surface area is 351 Å². The third-order valence-electron chi connectivity index (χ3n) is 11.0. The van der Waals surface area contributed by atoms with E-state index < -0.39 is 41.1 Å². The highest BCUT2D eigenvalue weighted by Crippen LogP contribution is 2.41. The number of piperidine rings is 1. The number of aromatic nitrogens is 2. The van der Waals surface area contributed by atoms with Gasteiger partial charge >= 0.3 is 6.03 Å². The molecule has 0 aliphatic carbocycles. The summed E-state index contributed by atoms with van der Waals surface area (Å²) in [5.74, 6) is -2.78. The van der Waals surface area contributed by atoms with Crippen LogP contribution < -0.4 is 26.6 Å². The van der Waals surface area contributed by atoms with E-state index in [-0.39, 0.29) is 74.8 Å². The van der Waals surface area contributed by atoms with E-state index in [1.54, 1.807) is 41.3 Å². The molecule has 4 aromatic rings. The first-order valence-corrected chi connectivity index (χ1v) is 20.0. The van der Waals surface area contributed by atoms with Crippen molar-refractivity contribution < 1.29 is 38.3 Å². The van der Waals surface area contributed by atoms with E-state index in [0.717, 1.165) is 16.2 Å². The standard InChI is InChI=1S/C43H48N10O8/c1-43(2)35-29(23-52(43)42(60)46-31(24-51(3)4)25-9-6-5-7-10-25)36(50-49-35)48-38(56)27-15-13-26(14-16-27)37(55)45-20-22-61-21-19-44-30-12-8-11-28-34(30)41(59)53(40(28)58)32-17-18-33(54)47-39(32)57/h5-16,31-32,44H,17-24H2,1-4H3,(H,45,55)(H,46,60)(H,47,54,57)(H2,48,49,50,56)/t31-,32?/m1/s1. The Hall–Kier alpha value is -6.92. The number of imide groups is 2. The van der Waals surface area contributed by atoms with Crippen molar-refractivity contribution in [2.45, 2.75) is 50.9 Å². The zero-order chi connectivity index (χ0) is 43.4. The molecule has 2 atom stereocenters. The SMILES string of the molecule is CN(C)C[C@@H](NC(=O)N1Cc2c(NC(=O)c3ccc(C(=O)NCCOCCNc4cccc5c4C(=O)N(C4CCC(=O)NC4=O)C5=O)cc3)n[nH]c2C1(C)C)c1ccccc1. The lowest BCUT2D eigenvalue weighted by atomic mass is 10.0. The molecule has 8 amide bonds. The first-order chi connectivity index (χ1) is 29.2. The van der Waals surface area contributed by atoms with E-state index in [2.05, 4.69) is 36.8 Å². The summed E-state index contributed by atoms with van der Waals surface area (Å²) < 4.78 is 5.65. The quantitative estimate of drug-likeness (QED) is 0.0754. The number of benzene rings is 3. The van der Waals surface area contributed by atoms with Crippen LogP contribution in [0.15, 0.2) is 72.8 Å². The summed E-state index contributed by atoms with van der Waals surface area (Å²) in [6.07, 6.45) is 0.0991. The van der Waals surface area contributed by atoms with Gasteiger partial charge in [-0.3, -0.25) is 44.1 Å². The highest BCUT2D eigenvalue weighted by atomic mass is 16.5. The minimum absolute atomic E-state index is 0.0325. The summed E-state index contributed by atoms with van der Waals surface area (Å²) in [7, 11) is 3.91. The number of anilines is 2. The number of hydrogen-bond donors (Lipinski definition) is 6. The number of amides is 8. The van der Waals surface area contributed by atoms with Crippen molar-refractivity contribution in [3.05, 3.63) is 112 Å². The number of carbonyl (C=O) groups excluding carboxylic acids is 7. The van der Waals surface area contributed by atoms with Crippen LogP contribution in [-0.4, -0.2) is 119 Å². The van der Waals surface area contributed by atoms with E-state index in [0.29, 0.717) is 34.7 Å². The van der Waals surface area contributed by atoms with E-state index >= 15 is 0 Å². The lowest BCUT2D eigenvalue weighted by Crippen LogP contribution is -2.54. The number of nitrogens with zero attached hydrogens (tertiary/aromatic N) is 4. The number of likely N-dealkylation sites (N-methyl/N-ethyl adjacent to an activating group) is 1. The first kappa shape index (κ1) is 42.2. The highest BCUT2D eigenvalue weighted by molar-refractivity contribution is 6.25. The zero-order valence-corrected chi connectivity index (χ0v) is 34.3. The molecule has 0 bridgehead atoms. The van der Waals surface area contributed by atoms with Crippen molar-refractivity contribution in [3.63, 3.8) is 0 Å². The van der Waals surface area contributed by atoms with Gasteiger partial charge in [-0.2, -0.15) is 5.10 Å². The number of aromatic amines is 1. The maximum absolute atomic E-state index is 13.7. The smallest absolute Gasteiger partial charge is 0.319 e. The lowest BCUT2D eigenvalue weighted by Gasteiger charge is -2.34. The van der Waals surface area contributed by atoms with Gasteiger partial charge in [-0.25, -0.2) is 4.79 Å². The van der Waals surface area contributed by atoms with Gasteiger partial charge in [-0.15, -0.1) is 0 Å². The molecule has 18 heteroatoms. The molecule has 1 fully saturated rings. The van der Waals surface area contributed by atoms with Crippen molar-refractivity contribution >= 4 is 53.0 Å². The van der Waals surface area contributed by atoms with E-state index in [4.69, 9.17) is 4.74 Å². The number of hydrogen-bond acceptors (Lipinski definition) is 11. The normalized spacial score (nSPS) is 17.2. The number of rotatable bonds is 15. The fraction of sp³-hybridized carbons (Fsp3) is 0.349. The maximum Gasteiger partial charge on any atom is 0.319 e. The number of ether oxygens (including phenoxy) is 1. The second-order valence-electron chi connectivity index (χ2n) is 15.7. The van der Waals surface area contributed by atoms with Crippen LogP contribution >= 0.6 is 0 Å². The molecule has 1 saturated heterocycles. The molecule has 1 aromatic heterocycles. The van der Waals surface area contributed by atoms with Crippen LogP contribution in [0.5, 0.6) is 0 Å². The summed E-state index contributed by atoms with van der Waals surface area (Å²) in [5, 5.41) is 21.5. The number of H-pyrrole nitrogens is 1. The van der Waals surface area contributed by atoms with Crippen LogP contribution in [0.1, 0.15) is 91.0 Å². The van der Waals surface area contributed by atoms with Gasteiger partial charge in [-0.1, -0.05) is 36.4 Å². The predicted octanol–water partition coefficient (Wildman–Crippen LogP) is 2.98. The van der Waals surface area contributed by atoms with Crippen LogP contribution in [0.25, 0.3) is 0 Å². The van der Waals surface area contributed by atoms with Crippen molar-refractivity contribution in [2.24, 2.45) is 0 Å². The van der Waals surface area contributed by atoms with Crippen LogP contribution in [0, 0.1) is 0 Å².